The lowest BCUT2D eigenvalue weighted by molar-refractivity contribution is 1.15. The van der Waals surface area contributed by atoms with Gasteiger partial charge in [-0.1, -0.05) is 36.4 Å². The first-order valence-corrected chi connectivity index (χ1v) is 5.84. The summed E-state index contributed by atoms with van der Waals surface area (Å²) in [5.41, 5.74) is 7.15. The number of rotatable bonds is 0. The molecule has 1 aliphatic heterocycles. The van der Waals surface area contributed by atoms with Gasteiger partial charge in [0, 0.05) is 4.90 Å². The maximum atomic E-state index is 5.87. The lowest BCUT2D eigenvalue weighted by atomic mass is 10.1. The van der Waals surface area contributed by atoms with Crippen LogP contribution in [0.15, 0.2) is 47.4 Å². The number of hydrogen-bond acceptors (Lipinski definition) is 2. The molecule has 1 aliphatic rings. The molecule has 1 nitrogen and oxygen atoms in total. The van der Waals surface area contributed by atoms with Crippen molar-refractivity contribution in [3.63, 3.8) is 0 Å². The molecule has 15 heavy (non-hydrogen) atoms. The van der Waals surface area contributed by atoms with Gasteiger partial charge in [-0.25, -0.2) is 0 Å². The second-order valence-corrected chi connectivity index (χ2v) is 4.90. The van der Waals surface area contributed by atoms with E-state index in [1.807, 2.05) is 6.08 Å². The fraction of sp³-hybridized carbons (Fsp3) is 0.0769. The molecule has 1 unspecified atom stereocenters. The molecule has 2 aromatic carbocycles. The van der Waals surface area contributed by atoms with Gasteiger partial charge in [0.15, 0.2) is 0 Å². The lowest BCUT2D eigenvalue weighted by Gasteiger charge is -2.15. The summed E-state index contributed by atoms with van der Waals surface area (Å²) in [4.78, 5) is 1.28. The molecule has 0 radical (unpaired) electrons. The van der Waals surface area contributed by atoms with Crippen molar-refractivity contribution in [3.8, 4) is 0 Å². The Balaban J connectivity index is 2.26. The predicted octanol–water partition coefficient (Wildman–Crippen LogP) is 3.24. The molecule has 3 rings (SSSR count). The Labute approximate surface area is 93.0 Å². The normalized spacial score (nSPS) is 19.1. The fourth-order valence-corrected chi connectivity index (χ4v) is 2.76. The minimum atomic E-state index is 0.0960. The molecule has 1 atom stereocenters. The van der Waals surface area contributed by atoms with Crippen LogP contribution in [-0.2, 0) is 0 Å². The first kappa shape index (κ1) is 9.01. The van der Waals surface area contributed by atoms with Gasteiger partial charge in [-0.2, -0.15) is 0 Å². The summed E-state index contributed by atoms with van der Waals surface area (Å²) < 4.78 is 0. The van der Waals surface area contributed by atoms with Crippen LogP contribution in [0.25, 0.3) is 16.8 Å². The van der Waals surface area contributed by atoms with Crippen molar-refractivity contribution in [2.75, 3.05) is 0 Å². The van der Waals surface area contributed by atoms with Crippen molar-refractivity contribution in [1.29, 1.82) is 0 Å². The van der Waals surface area contributed by atoms with E-state index in [0.717, 1.165) is 0 Å². The number of benzene rings is 2. The van der Waals surface area contributed by atoms with E-state index in [-0.39, 0.29) is 5.37 Å². The monoisotopic (exact) mass is 213 g/mol. The molecule has 0 amide bonds. The molecular formula is C13H11NS. The molecule has 0 saturated carbocycles. The van der Waals surface area contributed by atoms with Crippen LogP contribution in [0.1, 0.15) is 5.56 Å². The van der Waals surface area contributed by atoms with Crippen LogP contribution in [-0.4, -0.2) is 5.37 Å². The number of nitrogens with two attached hydrogens (primary N) is 1. The van der Waals surface area contributed by atoms with Crippen molar-refractivity contribution in [1.82, 2.24) is 0 Å². The second kappa shape index (κ2) is 3.40. The zero-order valence-electron chi connectivity index (χ0n) is 8.18. The van der Waals surface area contributed by atoms with E-state index >= 15 is 0 Å². The molecule has 1 heterocycles. The largest absolute Gasteiger partial charge is 0.316 e. The Bertz CT molecular complexity index is 545. The number of thioether (sulfide) groups is 1. The first-order chi connectivity index (χ1) is 7.33. The van der Waals surface area contributed by atoms with Crippen molar-refractivity contribution in [2.45, 2.75) is 10.3 Å². The highest BCUT2D eigenvalue weighted by molar-refractivity contribution is 8.00. The maximum Gasteiger partial charge on any atom is 0.0744 e. The smallest absolute Gasteiger partial charge is 0.0744 e. The predicted molar refractivity (Wildman–Crippen MR) is 66.8 cm³/mol. The summed E-state index contributed by atoms with van der Waals surface area (Å²) in [5.74, 6) is 0. The SMILES string of the molecule is NC1C=Cc2cc3ccccc3cc2S1. The van der Waals surface area contributed by atoms with E-state index in [1.54, 1.807) is 11.8 Å². The fourth-order valence-electron chi connectivity index (χ4n) is 1.85. The number of fused-ring (bicyclic) bond motifs is 2. The van der Waals surface area contributed by atoms with Crippen molar-refractivity contribution < 1.29 is 0 Å². The average molecular weight is 213 g/mol. The zero-order valence-corrected chi connectivity index (χ0v) is 9.00. The van der Waals surface area contributed by atoms with E-state index in [0.29, 0.717) is 0 Å². The van der Waals surface area contributed by atoms with Gasteiger partial charge in [0.1, 0.15) is 0 Å². The Morgan fingerprint density at radius 2 is 1.80 bits per heavy atom. The molecular weight excluding hydrogens is 202 g/mol. The van der Waals surface area contributed by atoms with Gasteiger partial charge in [0.25, 0.3) is 0 Å². The van der Waals surface area contributed by atoms with Crippen molar-refractivity contribution in [2.24, 2.45) is 5.73 Å². The van der Waals surface area contributed by atoms with E-state index in [9.17, 15) is 0 Å². The van der Waals surface area contributed by atoms with Crippen LogP contribution in [0, 0.1) is 0 Å². The van der Waals surface area contributed by atoms with E-state index < -0.39 is 0 Å². The minimum Gasteiger partial charge on any atom is -0.316 e. The van der Waals surface area contributed by atoms with Gasteiger partial charge in [-0.05, 0) is 28.5 Å². The third-order valence-electron chi connectivity index (χ3n) is 2.61. The van der Waals surface area contributed by atoms with Gasteiger partial charge < -0.3 is 5.73 Å². The van der Waals surface area contributed by atoms with Crippen LogP contribution in [0.3, 0.4) is 0 Å². The van der Waals surface area contributed by atoms with Gasteiger partial charge in [0.2, 0.25) is 0 Å². The van der Waals surface area contributed by atoms with E-state index in [2.05, 4.69) is 42.5 Å². The Kier molecular flexibility index (Phi) is 2.04. The summed E-state index contributed by atoms with van der Waals surface area (Å²) in [5, 5.41) is 2.67. The topological polar surface area (TPSA) is 26.0 Å². The molecule has 74 valence electrons. The highest BCUT2D eigenvalue weighted by atomic mass is 32.2. The van der Waals surface area contributed by atoms with Crippen molar-refractivity contribution in [3.05, 3.63) is 48.0 Å². The highest BCUT2D eigenvalue weighted by Gasteiger charge is 2.11. The van der Waals surface area contributed by atoms with Gasteiger partial charge in [-0.15, -0.1) is 11.8 Å². The highest BCUT2D eigenvalue weighted by Crippen LogP contribution is 2.34. The second-order valence-electron chi connectivity index (χ2n) is 3.68. The lowest BCUT2D eigenvalue weighted by Crippen LogP contribution is -2.13. The van der Waals surface area contributed by atoms with E-state index in [4.69, 9.17) is 5.73 Å². The Morgan fingerprint density at radius 1 is 1.07 bits per heavy atom. The summed E-state index contributed by atoms with van der Waals surface area (Å²) in [6.07, 6.45) is 4.16. The van der Waals surface area contributed by atoms with Crippen LogP contribution in [0.2, 0.25) is 0 Å². The molecule has 0 aliphatic carbocycles. The summed E-state index contributed by atoms with van der Waals surface area (Å²) in [7, 11) is 0. The first-order valence-electron chi connectivity index (χ1n) is 4.96. The van der Waals surface area contributed by atoms with E-state index in [1.165, 1.54) is 21.2 Å². The molecule has 0 spiro atoms. The third kappa shape index (κ3) is 1.56. The minimum absolute atomic E-state index is 0.0960. The molecule has 2 N–H and O–H groups in total. The van der Waals surface area contributed by atoms with Gasteiger partial charge in [0.05, 0.1) is 5.37 Å². The number of hydrogen-bond donors (Lipinski definition) is 1. The zero-order chi connectivity index (χ0) is 10.3. The van der Waals surface area contributed by atoms with Crippen molar-refractivity contribution >= 4 is 28.6 Å². The summed E-state index contributed by atoms with van der Waals surface area (Å²) in [6.45, 7) is 0. The quantitative estimate of drug-likeness (QED) is 0.727. The summed E-state index contributed by atoms with van der Waals surface area (Å²) in [6, 6.07) is 12.9. The molecule has 0 bridgehead atoms. The Morgan fingerprint density at radius 3 is 2.60 bits per heavy atom. The molecule has 2 heteroatoms. The average Bonchev–Trinajstić information content (AvgIpc) is 2.26. The summed E-state index contributed by atoms with van der Waals surface area (Å²) >= 11 is 1.72. The van der Waals surface area contributed by atoms with Crippen LogP contribution in [0.4, 0.5) is 0 Å². The molecule has 0 saturated heterocycles. The Hall–Kier alpha value is -1.25. The van der Waals surface area contributed by atoms with Crippen LogP contribution >= 0.6 is 11.8 Å². The standard InChI is InChI=1S/C13H11NS/c14-13-6-5-11-7-9-3-1-2-4-10(9)8-12(11)15-13/h1-8,13H,14H2. The van der Waals surface area contributed by atoms with Gasteiger partial charge >= 0.3 is 0 Å². The molecule has 0 fully saturated rings. The van der Waals surface area contributed by atoms with Crippen LogP contribution in [0.5, 0.6) is 0 Å². The molecule has 2 aromatic rings. The van der Waals surface area contributed by atoms with Crippen LogP contribution < -0.4 is 5.73 Å². The maximum absolute atomic E-state index is 5.87. The molecule has 0 aromatic heterocycles. The van der Waals surface area contributed by atoms with Gasteiger partial charge in [-0.3, -0.25) is 0 Å². The third-order valence-corrected chi connectivity index (χ3v) is 3.64.